The number of primary amides is 1. The van der Waals surface area contributed by atoms with Crippen molar-refractivity contribution in [1.82, 2.24) is 10.2 Å². The van der Waals surface area contributed by atoms with E-state index in [2.05, 4.69) is 15.1 Å². The van der Waals surface area contributed by atoms with Gasteiger partial charge < -0.3 is 10.6 Å². The molecule has 1 aliphatic rings. The molecule has 1 fully saturated rings. The lowest BCUT2D eigenvalue weighted by atomic mass is 10.1. The SMILES string of the molecule is NC(=O)c1[nH]ncc1N1CCCCC1. The molecule has 2 heterocycles. The number of rotatable bonds is 2. The van der Waals surface area contributed by atoms with Gasteiger partial charge in [-0.25, -0.2) is 0 Å². The van der Waals surface area contributed by atoms with Gasteiger partial charge in [-0.15, -0.1) is 0 Å². The summed E-state index contributed by atoms with van der Waals surface area (Å²) in [5.74, 6) is -0.442. The number of amides is 1. The molecular formula is C9H14N4O. The molecule has 1 aromatic heterocycles. The van der Waals surface area contributed by atoms with E-state index in [1.807, 2.05) is 0 Å². The molecule has 1 saturated heterocycles. The van der Waals surface area contributed by atoms with Crippen molar-refractivity contribution in [2.24, 2.45) is 5.73 Å². The molecule has 0 spiro atoms. The Morgan fingerprint density at radius 2 is 2.14 bits per heavy atom. The summed E-state index contributed by atoms with van der Waals surface area (Å²) in [6.45, 7) is 1.97. The molecule has 0 atom stereocenters. The molecule has 1 aliphatic heterocycles. The Morgan fingerprint density at radius 1 is 1.43 bits per heavy atom. The first-order valence-corrected chi connectivity index (χ1v) is 4.87. The molecule has 5 nitrogen and oxygen atoms in total. The Balaban J connectivity index is 2.21. The Morgan fingerprint density at radius 3 is 2.79 bits per heavy atom. The number of carbonyl (C=O) groups is 1. The van der Waals surface area contributed by atoms with Gasteiger partial charge in [0.1, 0.15) is 5.69 Å². The number of nitrogens with two attached hydrogens (primary N) is 1. The third-order valence-corrected chi connectivity index (χ3v) is 2.56. The lowest BCUT2D eigenvalue weighted by molar-refractivity contribution is 0.0996. The summed E-state index contributed by atoms with van der Waals surface area (Å²) in [5.41, 5.74) is 6.50. The smallest absolute Gasteiger partial charge is 0.268 e. The van der Waals surface area contributed by atoms with Crippen LogP contribution in [0, 0.1) is 0 Å². The fraction of sp³-hybridized carbons (Fsp3) is 0.556. The second kappa shape index (κ2) is 3.69. The summed E-state index contributed by atoms with van der Waals surface area (Å²) < 4.78 is 0. The van der Waals surface area contributed by atoms with Crippen molar-refractivity contribution >= 4 is 11.6 Å². The molecular weight excluding hydrogens is 180 g/mol. The van der Waals surface area contributed by atoms with Gasteiger partial charge in [-0.1, -0.05) is 0 Å². The fourth-order valence-electron chi connectivity index (χ4n) is 1.84. The molecule has 0 aromatic carbocycles. The summed E-state index contributed by atoms with van der Waals surface area (Å²) in [6.07, 6.45) is 5.28. The number of hydrogen-bond donors (Lipinski definition) is 2. The third kappa shape index (κ3) is 1.57. The largest absolute Gasteiger partial charge is 0.368 e. The Kier molecular flexibility index (Phi) is 2.39. The number of aromatic amines is 1. The Bertz CT molecular complexity index is 327. The highest BCUT2D eigenvalue weighted by molar-refractivity contribution is 5.96. The predicted octanol–water partition coefficient (Wildman–Crippen LogP) is 0.499. The van der Waals surface area contributed by atoms with Crippen LogP contribution in [-0.2, 0) is 0 Å². The zero-order valence-electron chi connectivity index (χ0n) is 7.99. The van der Waals surface area contributed by atoms with Crippen molar-refractivity contribution in [2.45, 2.75) is 19.3 Å². The maximum atomic E-state index is 11.0. The quantitative estimate of drug-likeness (QED) is 0.719. The van der Waals surface area contributed by atoms with Crippen LogP contribution in [0.3, 0.4) is 0 Å². The van der Waals surface area contributed by atoms with Crippen molar-refractivity contribution in [3.8, 4) is 0 Å². The van der Waals surface area contributed by atoms with E-state index in [4.69, 9.17) is 5.73 Å². The molecule has 3 N–H and O–H groups in total. The van der Waals surface area contributed by atoms with Crippen LogP contribution in [0.25, 0.3) is 0 Å². The molecule has 0 saturated carbocycles. The second-order valence-electron chi connectivity index (χ2n) is 3.54. The first kappa shape index (κ1) is 9.05. The molecule has 2 rings (SSSR count). The van der Waals surface area contributed by atoms with Crippen LogP contribution >= 0.6 is 0 Å². The number of carbonyl (C=O) groups excluding carboxylic acids is 1. The highest BCUT2D eigenvalue weighted by Crippen LogP contribution is 2.21. The van der Waals surface area contributed by atoms with Crippen LogP contribution in [0.15, 0.2) is 6.20 Å². The third-order valence-electron chi connectivity index (χ3n) is 2.56. The van der Waals surface area contributed by atoms with Crippen LogP contribution in [0.5, 0.6) is 0 Å². The highest BCUT2D eigenvalue weighted by Gasteiger charge is 2.18. The molecule has 0 bridgehead atoms. The average Bonchev–Trinajstić information content (AvgIpc) is 2.67. The van der Waals surface area contributed by atoms with Gasteiger partial charge in [-0.05, 0) is 19.3 Å². The molecule has 76 valence electrons. The van der Waals surface area contributed by atoms with E-state index >= 15 is 0 Å². The van der Waals surface area contributed by atoms with Gasteiger partial charge in [0.2, 0.25) is 0 Å². The molecule has 1 aromatic rings. The highest BCUT2D eigenvalue weighted by atomic mass is 16.1. The zero-order chi connectivity index (χ0) is 9.97. The summed E-state index contributed by atoms with van der Waals surface area (Å²) in [5, 5.41) is 6.49. The predicted molar refractivity (Wildman–Crippen MR) is 53.2 cm³/mol. The van der Waals surface area contributed by atoms with Gasteiger partial charge in [0, 0.05) is 13.1 Å². The normalized spacial score (nSPS) is 17.0. The molecule has 0 unspecified atom stereocenters. The maximum Gasteiger partial charge on any atom is 0.268 e. The Labute approximate surface area is 82.3 Å². The van der Waals surface area contributed by atoms with E-state index in [9.17, 15) is 4.79 Å². The van der Waals surface area contributed by atoms with Crippen molar-refractivity contribution < 1.29 is 4.79 Å². The minimum absolute atomic E-state index is 0.423. The number of piperidine rings is 1. The van der Waals surface area contributed by atoms with Gasteiger partial charge in [-0.3, -0.25) is 9.89 Å². The van der Waals surface area contributed by atoms with Gasteiger partial charge in [0.15, 0.2) is 0 Å². The topological polar surface area (TPSA) is 75.0 Å². The van der Waals surface area contributed by atoms with E-state index in [-0.39, 0.29) is 0 Å². The van der Waals surface area contributed by atoms with Gasteiger partial charge >= 0.3 is 0 Å². The van der Waals surface area contributed by atoms with Gasteiger partial charge in [0.05, 0.1) is 11.9 Å². The van der Waals surface area contributed by atoms with Crippen molar-refractivity contribution in [1.29, 1.82) is 0 Å². The number of aromatic nitrogens is 2. The second-order valence-corrected chi connectivity index (χ2v) is 3.54. The van der Waals surface area contributed by atoms with Gasteiger partial charge in [0.25, 0.3) is 5.91 Å². The van der Waals surface area contributed by atoms with Gasteiger partial charge in [-0.2, -0.15) is 5.10 Å². The summed E-state index contributed by atoms with van der Waals surface area (Å²) in [7, 11) is 0. The number of nitrogens with one attached hydrogen (secondary N) is 1. The van der Waals surface area contributed by atoms with E-state index in [0.717, 1.165) is 18.8 Å². The lowest BCUT2D eigenvalue weighted by Crippen LogP contribution is -2.31. The van der Waals surface area contributed by atoms with E-state index in [0.29, 0.717) is 5.69 Å². The number of H-pyrrole nitrogens is 1. The minimum Gasteiger partial charge on any atom is -0.368 e. The van der Waals surface area contributed by atoms with Crippen molar-refractivity contribution in [2.75, 3.05) is 18.0 Å². The molecule has 1 amide bonds. The molecule has 0 radical (unpaired) electrons. The lowest BCUT2D eigenvalue weighted by Gasteiger charge is -2.27. The standard InChI is InChI=1S/C9H14N4O/c10-9(14)8-7(6-11-12-8)13-4-2-1-3-5-13/h6H,1-5H2,(H2,10,14)(H,11,12). The van der Waals surface area contributed by atoms with Crippen LogP contribution in [0.2, 0.25) is 0 Å². The zero-order valence-corrected chi connectivity index (χ0v) is 7.99. The van der Waals surface area contributed by atoms with Crippen molar-refractivity contribution in [3.63, 3.8) is 0 Å². The molecule has 14 heavy (non-hydrogen) atoms. The summed E-state index contributed by atoms with van der Waals surface area (Å²) >= 11 is 0. The molecule has 0 aliphatic carbocycles. The fourth-order valence-corrected chi connectivity index (χ4v) is 1.84. The molecule has 5 heteroatoms. The van der Waals surface area contributed by atoms with Crippen molar-refractivity contribution in [3.05, 3.63) is 11.9 Å². The summed E-state index contributed by atoms with van der Waals surface area (Å²) in [4.78, 5) is 13.2. The van der Waals surface area contributed by atoms with Crippen LogP contribution in [0.4, 0.5) is 5.69 Å². The van der Waals surface area contributed by atoms with Crippen LogP contribution < -0.4 is 10.6 Å². The maximum absolute atomic E-state index is 11.0. The Hall–Kier alpha value is -1.52. The van der Waals surface area contributed by atoms with E-state index in [1.54, 1.807) is 6.20 Å². The number of nitrogens with zero attached hydrogens (tertiary/aromatic N) is 2. The first-order valence-electron chi connectivity index (χ1n) is 4.87. The van der Waals surface area contributed by atoms with Crippen LogP contribution in [0.1, 0.15) is 29.8 Å². The number of anilines is 1. The number of hydrogen-bond acceptors (Lipinski definition) is 3. The van der Waals surface area contributed by atoms with E-state index in [1.165, 1.54) is 19.3 Å². The monoisotopic (exact) mass is 194 g/mol. The van der Waals surface area contributed by atoms with E-state index < -0.39 is 5.91 Å². The minimum atomic E-state index is -0.442. The summed E-state index contributed by atoms with van der Waals surface area (Å²) in [6, 6.07) is 0. The average molecular weight is 194 g/mol. The first-order chi connectivity index (χ1) is 6.79. The van der Waals surface area contributed by atoms with Crippen LogP contribution in [-0.4, -0.2) is 29.2 Å².